The van der Waals surface area contributed by atoms with Crippen molar-refractivity contribution < 1.29 is 34.5 Å². The van der Waals surface area contributed by atoms with E-state index < -0.39 is 47.4 Å². The van der Waals surface area contributed by atoms with Crippen LogP contribution in [0, 0.1) is 5.41 Å². The summed E-state index contributed by atoms with van der Waals surface area (Å²) in [4.78, 5) is 46.7. The third-order valence-corrected chi connectivity index (χ3v) is 5.57. The number of rotatable bonds is 9. The minimum atomic E-state index is -1.29. The number of carbonyl (C=O) groups excluding carboxylic acids is 3. The highest BCUT2D eigenvalue weighted by molar-refractivity contribution is 5.94. The van der Waals surface area contributed by atoms with Gasteiger partial charge in [0.15, 0.2) is 0 Å². The zero-order valence-electron chi connectivity index (χ0n) is 16.2. The van der Waals surface area contributed by atoms with Crippen LogP contribution < -0.4 is 16.4 Å². The summed E-state index contributed by atoms with van der Waals surface area (Å²) in [7, 11) is 0. The van der Waals surface area contributed by atoms with Crippen molar-refractivity contribution in [2.45, 2.75) is 69.6 Å². The zero-order chi connectivity index (χ0) is 21.6. The minimum absolute atomic E-state index is 0.00654. The van der Waals surface area contributed by atoms with Gasteiger partial charge in [0.25, 0.3) is 0 Å². The van der Waals surface area contributed by atoms with Crippen LogP contribution in [0.4, 0.5) is 0 Å². The molecule has 162 valence electrons. The number of primary amides is 1. The minimum Gasteiger partial charge on any atom is -0.481 e. The van der Waals surface area contributed by atoms with E-state index in [0.717, 1.165) is 12.8 Å². The molecule has 29 heavy (non-hydrogen) atoms. The number of carboxylic acids is 1. The van der Waals surface area contributed by atoms with Gasteiger partial charge in [0.2, 0.25) is 17.7 Å². The molecule has 0 saturated heterocycles. The van der Waals surface area contributed by atoms with E-state index in [1.54, 1.807) is 0 Å². The average molecular weight is 411 g/mol. The molecule has 0 heterocycles. The van der Waals surface area contributed by atoms with Crippen LogP contribution in [-0.4, -0.2) is 63.8 Å². The molecule has 10 nitrogen and oxygen atoms in total. The van der Waals surface area contributed by atoms with Gasteiger partial charge in [-0.05, 0) is 18.3 Å². The lowest BCUT2D eigenvalue weighted by Crippen LogP contribution is -2.51. The van der Waals surface area contributed by atoms with Gasteiger partial charge in [-0.3, -0.25) is 19.2 Å². The highest BCUT2D eigenvalue weighted by Gasteiger charge is 2.39. The van der Waals surface area contributed by atoms with Crippen molar-refractivity contribution in [3.05, 3.63) is 11.6 Å². The van der Waals surface area contributed by atoms with Crippen molar-refractivity contribution >= 4 is 23.7 Å². The number of carbonyl (C=O) groups is 4. The fourth-order valence-electron chi connectivity index (χ4n) is 4.12. The number of aliphatic carboxylic acids is 1. The highest BCUT2D eigenvalue weighted by Crippen LogP contribution is 2.44. The summed E-state index contributed by atoms with van der Waals surface area (Å²) in [6.45, 7) is 0.0406. The van der Waals surface area contributed by atoms with Gasteiger partial charge in [-0.1, -0.05) is 18.9 Å². The SMILES string of the molecule is NC(=O)CCNC(=O)C1=CC(NC(=O)CC2(CC(=O)O)CCCC2)C(O)C(O)C1. The quantitative estimate of drug-likeness (QED) is 0.280. The van der Waals surface area contributed by atoms with Crippen LogP contribution in [0.1, 0.15) is 51.4 Å². The molecule has 7 N–H and O–H groups in total. The Bertz CT molecular complexity index is 685. The monoisotopic (exact) mass is 411 g/mol. The van der Waals surface area contributed by atoms with E-state index in [4.69, 9.17) is 10.8 Å². The third-order valence-electron chi connectivity index (χ3n) is 5.57. The van der Waals surface area contributed by atoms with Crippen LogP contribution in [0.25, 0.3) is 0 Å². The van der Waals surface area contributed by atoms with E-state index in [9.17, 15) is 29.4 Å². The molecule has 2 rings (SSSR count). The molecule has 1 saturated carbocycles. The summed E-state index contributed by atoms with van der Waals surface area (Å²) < 4.78 is 0. The van der Waals surface area contributed by atoms with E-state index in [2.05, 4.69) is 10.6 Å². The van der Waals surface area contributed by atoms with Crippen LogP contribution in [0.3, 0.4) is 0 Å². The Labute approximate surface area is 168 Å². The zero-order valence-corrected chi connectivity index (χ0v) is 16.2. The lowest BCUT2D eigenvalue weighted by atomic mass is 9.79. The normalized spacial score (nSPS) is 25.7. The topological polar surface area (TPSA) is 179 Å². The van der Waals surface area contributed by atoms with E-state index >= 15 is 0 Å². The van der Waals surface area contributed by atoms with Gasteiger partial charge in [-0.15, -0.1) is 0 Å². The molecule has 0 bridgehead atoms. The van der Waals surface area contributed by atoms with Crippen LogP contribution in [0.2, 0.25) is 0 Å². The third kappa shape index (κ3) is 6.53. The Morgan fingerprint density at radius 1 is 1.14 bits per heavy atom. The van der Waals surface area contributed by atoms with Crippen LogP contribution in [-0.2, 0) is 19.2 Å². The molecule has 10 heteroatoms. The Morgan fingerprint density at radius 2 is 1.79 bits per heavy atom. The number of hydrogen-bond donors (Lipinski definition) is 6. The second kappa shape index (κ2) is 9.84. The van der Waals surface area contributed by atoms with E-state index in [1.165, 1.54) is 6.08 Å². The molecule has 3 atom stereocenters. The van der Waals surface area contributed by atoms with Gasteiger partial charge in [-0.2, -0.15) is 0 Å². The van der Waals surface area contributed by atoms with Gasteiger partial charge in [0, 0.05) is 31.4 Å². The molecule has 0 aromatic carbocycles. The Hall–Kier alpha value is -2.46. The van der Waals surface area contributed by atoms with Crippen LogP contribution in [0.15, 0.2) is 11.6 Å². The first-order valence-corrected chi connectivity index (χ1v) is 9.76. The smallest absolute Gasteiger partial charge is 0.303 e. The van der Waals surface area contributed by atoms with Crippen molar-refractivity contribution in [2.24, 2.45) is 11.1 Å². The summed E-state index contributed by atoms with van der Waals surface area (Å²) >= 11 is 0. The number of aliphatic hydroxyl groups is 2. The lowest BCUT2D eigenvalue weighted by Gasteiger charge is -2.32. The molecule has 0 aromatic rings. The largest absolute Gasteiger partial charge is 0.481 e. The molecule has 0 spiro atoms. The molecular formula is C19H29N3O7. The van der Waals surface area contributed by atoms with Crippen LogP contribution >= 0.6 is 0 Å². The second-order valence-corrected chi connectivity index (χ2v) is 7.97. The Morgan fingerprint density at radius 3 is 2.38 bits per heavy atom. The predicted octanol–water partition coefficient (Wildman–Crippen LogP) is -1.06. The molecule has 0 aromatic heterocycles. The fourth-order valence-corrected chi connectivity index (χ4v) is 4.12. The van der Waals surface area contributed by atoms with Gasteiger partial charge in [0.1, 0.15) is 6.10 Å². The molecule has 0 radical (unpaired) electrons. The van der Waals surface area contributed by atoms with E-state index in [-0.39, 0.29) is 37.8 Å². The van der Waals surface area contributed by atoms with Gasteiger partial charge >= 0.3 is 5.97 Å². The van der Waals surface area contributed by atoms with Crippen molar-refractivity contribution in [1.29, 1.82) is 0 Å². The van der Waals surface area contributed by atoms with Crippen molar-refractivity contribution in [1.82, 2.24) is 10.6 Å². The van der Waals surface area contributed by atoms with E-state index in [0.29, 0.717) is 12.8 Å². The predicted molar refractivity (Wildman–Crippen MR) is 101 cm³/mol. The van der Waals surface area contributed by atoms with Gasteiger partial charge < -0.3 is 31.7 Å². The molecule has 3 amide bonds. The Kier molecular flexibility index (Phi) is 7.74. The summed E-state index contributed by atoms with van der Waals surface area (Å²) in [6.07, 6.45) is 1.63. The molecule has 3 unspecified atom stereocenters. The number of amides is 3. The molecular weight excluding hydrogens is 382 g/mol. The summed E-state index contributed by atoms with van der Waals surface area (Å²) in [5.41, 5.74) is 4.59. The van der Waals surface area contributed by atoms with Crippen molar-refractivity contribution in [3.8, 4) is 0 Å². The number of aliphatic hydroxyl groups excluding tert-OH is 2. The van der Waals surface area contributed by atoms with Crippen molar-refractivity contribution in [2.75, 3.05) is 6.54 Å². The number of nitrogens with one attached hydrogen (secondary N) is 2. The van der Waals surface area contributed by atoms with Gasteiger partial charge in [-0.25, -0.2) is 0 Å². The van der Waals surface area contributed by atoms with Crippen LogP contribution in [0.5, 0.6) is 0 Å². The first-order valence-electron chi connectivity index (χ1n) is 9.76. The van der Waals surface area contributed by atoms with Gasteiger partial charge in [0.05, 0.1) is 18.6 Å². The molecule has 2 aliphatic carbocycles. The molecule has 1 fully saturated rings. The fraction of sp³-hybridized carbons (Fsp3) is 0.684. The van der Waals surface area contributed by atoms with Crippen molar-refractivity contribution in [3.63, 3.8) is 0 Å². The summed E-state index contributed by atoms with van der Waals surface area (Å²) in [5.74, 6) is -2.47. The maximum atomic E-state index is 12.6. The number of nitrogens with two attached hydrogens (primary N) is 1. The summed E-state index contributed by atoms with van der Waals surface area (Å²) in [5, 5.41) is 34.6. The summed E-state index contributed by atoms with van der Waals surface area (Å²) in [6, 6.07) is -0.980. The maximum absolute atomic E-state index is 12.6. The number of hydrogen-bond acceptors (Lipinski definition) is 6. The molecule has 0 aliphatic heterocycles. The highest BCUT2D eigenvalue weighted by atomic mass is 16.4. The maximum Gasteiger partial charge on any atom is 0.303 e. The standard InChI is InChI=1S/C19H29N3O7/c20-14(24)3-6-21-18(29)11-7-12(17(28)13(23)8-11)22-15(25)9-19(10-16(26)27)4-1-2-5-19/h7,12-13,17,23,28H,1-6,8-10H2,(H2,20,24)(H,21,29)(H,22,25)(H,26,27). The molecule has 2 aliphatic rings. The lowest BCUT2D eigenvalue weighted by molar-refractivity contribution is -0.140. The van der Waals surface area contributed by atoms with E-state index in [1.807, 2.05) is 0 Å². The number of carboxylic acid groups (broad SMARTS) is 1. The Balaban J connectivity index is 2.02. The average Bonchev–Trinajstić information content (AvgIpc) is 3.05. The first kappa shape index (κ1) is 22.8. The first-order chi connectivity index (χ1) is 13.6. The second-order valence-electron chi connectivity index (χ2n) is 7.97.